The Morgan fingerprint density at radius 3 is 2.38 bits per heavy atom. The van der Waals surface area contributed by atoms with Gasteiger partial charge >= 0.3 is 0 Å². The van der Waals surface area contributed by atoms with Crippen LogP contribution in [0, 0.1) is 5.82 Å². The highest BCUT2D eigenvalue weighted by Crippen LogP contribution is 2.21. The molecule has 0 amide bonds. The van der Waals surface area contributed by atoms with Gasteiger partial charge in [0, 0.05) is 6.07 Å². The number of nitrogens with zero attached hydrogens (tertiary/aromatic N) is 2. The number of aromatic nitrogens is 2. The minimum Gasteiger partial charge on any atom is -0.439 e. The fourth-order valence-corrected chi connectivity index (χ4v) is 1.14. The summed E-state index contributed by atoms with van der Waals surface area (Å²) in [5.41, 5.74) is 10.9. The number of nitrogen functional groups attached to an aromatic ring is 2. The van der Waals surface area contributed by atoms with Crippen LogP contribution in [0.4, 0.5) is 16.2 Å². The molecule has 0 saturated heterocycles. The molecule has 0 fully saturated rings. The minimum atomic E-state index is -0.339. The van der Waals surface area contributed by atoms with Crippen molar-refractivity contribution in [1.29, 1.82) is 0 Å². The van der Waals surface area contributed by atoms with Gasteiger partial charge in [0.05, 0.1) is 0 Å². The molecule has 82 valence electrons. The Morgan fingerprint density at radius 2 is 1.75 bits per heavy atom. The second-order valence-electron chi connectivity index (χ2n) is 3.05. The summed E-state index contributed by atoms with van der Waals surface area (Å²) in [6, 6.07) is 6.94. The van der Waals surface area contributed by atoms with Gasteiger partial charge in [-0.05, 0) is 24.3 Å². The molecule has 1 aromatic carbocycles. The van der Waals surface area contributed by atoms with Gasteiger partial charge in [0.25, 0.3) is 0 Å². The van der Waals surface area contributed by atoms with Crippen molar-refractivity contribution in [2.45, 2.75) is 0 Å². The zero-order valence-corrected chi connectivity index (χ0v) is 8.22. The van der Waals surface area contributed by atoms with Gasteiger partial charge in [-0.15, -0.1) is 0 Å². The molecule has 0 atom stereocenters. The van der Waals surface area contributed by atoms with Gasteiger partial charge in [-0.1, -0.05) is 0 Å². The third kappa shape index (κ3) is 2.35. The van der Waals surface area contributed by atoms with Gasteiger partial charge < -0.3 is 16.2 Å². The van der Waals surface area contributed by atoms with Crippen molar-refractivity contribution in [3.05, 3.63) is 36.1 Å². The first-order chi connectivity index (χ1) is 7.63. The molecule has 0 spiro atoms. The maximum Gasteiger partial charge on any atom is 0.226 e. The van der Waals surface area contributed by atoms with E-state index in [2.05, 4.69) is 9.97 Å². The Bertz CT molecular complexity index is 480. The quantitative estimate of drug-likeness (QED) is 0.802. The summed E-state index contributed by atoms with van der Waals surface area (Å²) in [4.78, 5) is 7.52. The van der Waals surface area contributed by atoms with Gasteiger partial charge in [-0.3, -0.25) is 0 Å². The molecule has 0 unspecified atom stereocenters. The van der Waals surface area contributed by atoms with Crippen LogP contribution >= 0.6 is 0 Å². The van der Waals surface area contributed by atoms with E-state index in [9.17, 15) is 4.39 Å². The highest BCUT2D eigenvalue weighted by Gasteiger charge is 2.02. The summed E-state index contributed by atoms with van der Waals surface area (Å²) in [6.07, 6.45) is 0. The van der Waals surface area contributed by atoms with Crippen LogP contribution in [0.15, 0.2) is 30.3 Å². The number of nitrogens with two attached hydrogens (primary N) is 2. The van der Waals surface area contributed by atoms with E-state index in [4.69, 9.17) is 16.2 Å². The lowest BCUT2D eigenvalue weighted by Crippen LogP contribution is -2.00. The van der Waals surface area contributed by atoms with Crippen molar-refractivity contribution < 1.29 is 9.13 Å². The van der Waals surface area contributed by atoms with Gasteiger partial charge in [0.2, 0.25) is 11.8 Å². The van der Waals surface area contributed by atoms with Gasteiger partial charge in [-0.2, -0.15) is 9.97 Å². The van der Waals surface area contributed by atoms with Crippen LogP contribution in [0.3, 0.4) is 0 Å². The van der Waals surface area contributed by atoms with Crippen LogP contribution in [-0.4, -0.2) is 9.97 Å². The number of ether oxygens (including phenoxy) is 1. The standard InChI is InChI=1S/C10H9FN4O/c11-6-1-3-7(4-2-6)16-9-5-8(12)14-10(13)15-9/h1-5H,(H4,12,13,14,15). The number of anilines is 2. The summed E-state index contributed by atoms with van der Waals surface area (Å²) in [5, 5.41) is 0. The highest BCUT2D eigenvalue weighted by molar-refractivity contribution is 5.40. The minimum absolute atomic E-state index is 0.0251. The fraction of sp³-hybridized carbons (Fsp3) is 0. The summed E-state index contributed by atoms with van der Waals surface area (Å²) in [6.45, 7) is 0. The summed E-state index contributed by atoms with van der Waals surface area (Å²) in [5.74, 6) is 0.561. The van der Waals surface area contributed by atoms with Crippen molar-refractivity contribution in [1.82, 2.24) is 9.97 Å². The van der Waals surface area contributed by atoms with Crippen LogP contribution in [0.5, 0.6) is 11.6 Å². The summed E-state index contributed by atoms with van der Waals surface area (Å²) < 4.78 is 17.9. The Balaban J connectivity index is 2.23. The Morgan fingerprint density at radius 1 is 1.06 bits per heavy atom. The van der Waals surface area contributed by atoms with Crippen LogP contribution in [0.1, 0.15) is 0 Å². The third-order valence-corrected chi connectivity index (χ3v) is 1.78. The molecule has 2 rings (SSSR count). The van der Waals surface area contributed by atoms with E-state index in [-0.39, 0.29) is 23.5 Å². The van der Waals surface area contributed by atoms with Gasteiger partial charge in [0.1, 0.15) is 17.4 Å². The smallest absolute Gasteiger partial charge is 0.226 e. The van der Waals surface area contributed by atoms with E-state index >= 15 is 0 Å². The molecule has 5 nitrogen and oxygen atoms in total. The van der Waals surface area contributed by atoms with E-state index in [1.165, 1.54) is 30.3 Å². The van der Waals surface area contributed by atoms with Crippen LogP contribution < -0.4 is 16.2 Å². The number of hydrogen-bond donors (Lipinski definition) is 2. The lowest BCUT2D eigenvalue weighted by atomic mass is 10.3. The van der Waals surface area contributed by atoms with Gasteiger partial charge in [-0.25, -0.2) is 4.39 Å². The maximum absolute atomic E-state index is 12.6. The van der Waals surface area contributed by atoms with E-state index in [0.717, 1.165) is 0 Å². The van der Waals surface area contributed by atoms with Crippen molar-refractivity contribution in [2.24, 2.45) is 0 Å². The highest BCUT2D eigenvalue weighted by atomic mass is 19.1. The lowest BCUT2D eigenvalue weighted by molar-refractivity contribution is 0.461. The molecule has 0 radical (unpaired) electrons. The molecule has 1 aromatic heterocycles. The monoisotopic (exact) mass is 220 g/mol. The van der Waals surface area contributed by atoms with Crippen LogP contribution in [0.25, 0.3) is 0 Å². The molecule has 16 heavy (non-hydrogen) atoms. The number of hydrogen-bond acceptors (Lipinski definition) is 5. The van der Waals surface area contributed by atoms with Crippen molar-refractivity contribution in [3.63, 3.8) is 0 Å². The zero-order chi connectivity index (χ0) is 11.5. The average Bonchev–Trinajstić information content (AvgIpc) is 2.20. The number of halogens is 1. The number of rotatable bonds is 2. The van der Waals surface area contributed by atoms with E-state index < -0.39 is 0 Å². The molecule has 0 saturated carbocycles. The van der Waals surface area contributed by atoms with E-state index in [0.29, 0.717) is 5.75 Å². The first-order valence-electron chi connectivity index (χ1n) is 4.47. The summed E-state index contributed by atoms with van der Waals surface area (Å²) in [7, 11) is 0. The Kier molecular flexibility index (Phi) is 2.55. The average molecular weight is 220 g/mol. The third-order valence-electron chi connectivity index (χ3n) is 1.78. The second kappa shape index (κ2) is 4.01. The Hall–Kier alpha value is -2.37. The van der Waals surface area contributed by atoms with E-state index in [1.54, 1.807) is 0 Å². The summed E-state index contributed by atoms with van der Waals surface area (Å²) >= 11 is 0. The normalized spacial score (nSPS) is 10.1. The van der Waals surface area contributed by atoms with Crippen molar-refractivity contribution >= 4 is 11.8 Å². The molecule has 0 bridgehead atoms. The largest absolute Gasteiger partial charge is 0.439 e. The predicted molar refractivity (Wildman–Crippen MR) is 57.3 cm³/mol. The molecule has 2 aromatic rings. The SMILES string of the molecule is Nc1cc(Oc2ccc(F)cc2)nc(N)n1. The van der Waals surface area contributed by atoms with Crippen molar-refractivity contribution in [2.75, 3.05) is 11.5 Å². The fourth-order valence-electron chi connectivity index (χ4n) is 1.14. The molecule has 6 heteroatoms. The molecule has 0 aliphatic rings. The lowest BCUT2D eigenvalue weighted by Gasteiger charge is -2.05. The van der Waals surface area contributed by atoms with Crippen LogP contribution in [0.2, 0.25) is 0 Å². The molecule has 1 heterocycles. The number of benzene rings is 1. The van der Waals surface area contributed by atoms with E-state index in [1.807, 2.05) is 0 Å². The zero-order valence-electron chi connectivity index (χ0n) is 8.22. The molecule has 4 N–H and O–H groups in total. The molecule has 0 aliphatic carbocycles. The predicted octanol–water partition coefficient (Wildman–Crippen LogP) is 1.57. The molecular formula is C10H9FN4O. The molecular weight excluding hydrogens is 211 g/mol. The van der Waals surface area contributed by atoms with Crippen molar-refractivity contribution in [3.8, 4) is 11.6 Å². The molecule has 0 aliphatic heterocycles. The van der Waals surface area contributed by atoms with Gasteiger partial charge in [0.15, 0.2) is 0 Å². The topological polar surface area (TPSA) is 87.0 Å². The maximum atomic E-state index is 12.6. The second-order valence-corrected chi connectivity index (χ2v) is 3.05. The first kappa shape index (κ1) is 10.2. The first-order valence-corrected chi connectivity index (χ1v) is 4.47. The Labute approximate surface area is 90.9 Å². The van der Waals surface area contributed by atoms with Crippen LogP contribution in [-0.2, 0) is 0 Å².